The molecular formula is C14H20O2. The van der Waals surface area contributed by atoms with Crippen LogP contribution < -0.4 is 0 Å². The second-order valence-electron chi connectivity index (χ2n) is 3.89. The van der Waals surface area contributed by atoms with Gasteiger partial charge in [-0.05, 0) is 39.0 Å². The van der Waals surface area contributed by atoms with Crippen LogP contribution in [0.2, 0.25) is 0 Å². The predicted octanol–water partition coefficient (Wildman–Crippen LogP) is 2.63. The number of carbonyl (C=O) groups is 1. The van der Waals surface area contributed by atoms with E-state index in [1.807, 2.05) is 19.9 Å². The van der Waals surface area contributed by atoms with Crippen molar-refractivity contribution in [2.45, 2.75) is 39.5 Å². The van der Waals surface area contributed by atoms with Gasteiger partial charge in [0.2, 0.25) is 5.78 Å². The van der Waals surface area contributed by atoms with Gasteiger partial charge in [0, 0.05) is 6.42 Å². The molecule has 0 spiro atoms. The maximum Gasteiger partial charge on any atom is 0.205 e. The van der Waals surface area contributed by atoms with E-state index >= 15 is 0 Å². The van der Waals surface area contributed by atoms with E-state index < -0.39 is 0 Å². The first-order chi connectivity index (χ1) is 7.60. The highest BCUT2D eigenvalue weighted by atomic mass is 16.2. The molecule has 0 aliphatic rings. The number of ketones is 1. The van der Waals surface area contributed by atoms with Gasteiger partial charge in [0.25, 0.3) is 0 Å². The average Bonchev–Trinajstić information content (AvgIpc) is 2.26. The van der Waals surface area contributed by atoms with Crippen LogP contribution in [-0.2, 0) is 4.79 Å². The largest absolute Gasteiger partial charge is 0.392 e. The van der Waals surface area contributed by atoms with Crippen LogP contribution in [0.15, 0.2) is 23.3 Å². The van der Waals surface area contributed by atoms with E-state index in [1.54, 1.807) is 0 Å². The van der Waals surface area contributed by atoms with Gasteiger partial charge < -0.3 is 5.11 Å². The molecule has 0 saturated heterocycles. The zero-order valence-corrected chi connectivity index (χ0v) is 10.1. The van der Waals surface area contributed by atoms with Crippen LogP contribution in [0, 0.1) is 12.3 Å². The zero-order valence-electron chi connectivity index (χ0n) is 10.1. The van der Waals surface area contributed by atoms with Crippen LogP contribution in [0.3, 0.4) is 0 Å². The summed E-state index contributed by atoms with van der Waals surface area (Å²) in [6, 6.07) is 0. The Hall–Kier alpha value is -1.33. The fraction of sp³-hybridized carbons (Fsp3) is 0.500. The molecule has 0 aliphatic heterocycles. The molecule has 0 unspecified atom stereocenters. The van der Waals surface area contributed by atoms with E-state index in [0.717, 1.165) is 19.3 Å². The smallest absolute Gasteiger partial charge is 0.205 e. The highest BCUT2D eigenvalue weighted by molar-refractivity contribution is 5.94. The number of hydrogen-bond donors (Lipinski definition) is 1. The third kappa shape index (κ3) is 8.02. The minimum absolute atomic E-state index is 0.102. The summed E-state index contributed by atoms with van der Waals surface area (Å²) >= 11 is 0. The topological polar surface area (TPSA) is 37.3 Å². The first-order valence-electron chi connectivity index (χ1n) is 5.51. The van der Waals surface area contributed by atoms with E-state index in [1.165, 1.54) is 11.1 Å². The Morgan fingerprint density at radius 2 is 1.81 bits per heavy atom. The maximum atomic E-state index is 10.9. The molecule has 0 rings (SSSR count). The molecule has 0 radical (unpaired) electrons. The number of carbonyl (C=O) groups excluding carboxylic acids is 1. The van der Waals surface area contributed by atoms with Gasteiger partial charge in [0.1, 0.15) is 0 Å². The zero-order chi connectivity index (χ0) is 12.4. The van der Waals surface area contributed by atoms with Gasteiger partial charge in [-0.25, -0.2) is 0 Å². The molecule has 88 valence electrons. The van der Waals surface area contributed by atoms with Gasteiger partial charge in [-0.3, -0.25) is 4.79 Å². The van der Waals surface area contributed by atoms with Gasteiger partial charge in [-0.15, -0.1) is 6.42 Å². The fourth-order valence-corrected chi connectivity index (χ4v) is 1.29. The van der Waals surface area contributed by atoms with E-state index in [0.29, 0.717) is 6.42 Å². The summed E-state index contributed by atoms with van der Waals surface area (Å²) in [6.07, 6.45) is 12.0. The summed E-state index contributed by atoms with van der Waals surface area (Å²) in [7, 11) is 0. The minimum atomic E-state index is -0.135. The van der Waals surface area contributed by atoms with Crippen molar-refractivity contribution in [1.82, 2.24) is 0 Å². The molecule has 0 heterocycles. The lowest BCUT2D eigenvalue weighted by Gasteiger charge is -2.00. The molecule has 1 N–H and O–H groups in total. The molecule has 0 aromatic rings. The number of Topliss-reactive ketones (excluding diaryl/α,β-unsaturated/α-hetero) is 1. The molecule has 0 aliphatic carbocycles. The van der Waals surface area contributed by atoms with E-state index in [-0.39, 0.29) is 12.4 Å². The predicted molar refractivity (Wildman–Crippen MR) is 66.9 cm³/mol. The SMILES string of the molecule is C#CC(=O)CCC(C)=CCCC(C)=CCO. The molecular weight excluding hydrogens is 200 g/mol. The molecule has 0 bridgehead atoms. The Morgan fingerprint density at radius 1 is 1.19 bits per heavy atom. The lowest BCUT2D eigenvalue weighted by molar-refractivity contribution is -0.113. The van der Waals surface area contributed by atoms with Gasteiger partial charge in [0.05, 0.1) is 6.61 Å². The van der Waals surface area contributed by atoms with Crippen molar-refractivity contribution in [2.75, 3.05) is 6.61 Å². The quantitative estimate of drug-likeness (QED) is 0.407. The molecule has 0 atom stereocenters. The summed E-state index contributed by atoms with van der Waals surface area (Å²) in [5.41, 5.74) is 2.38. The van der Waals surface area contributed by atoms with E-state index in [2.05, 4.69) is 12.0 Å². The van der Waals surface area contributed by atoms with Crippen molar-refractivity contribution in [1.29, 1.82) is 0 Å². The number of rotatable bonds is 7. The van der Waals surface area contributed by atoms with Crippen molar-refractivity contribution >= 4 is 5.78 Å². The first kappa shape index (κ1) is 14.7. The van der Waals surface area contributed by atoms with Crippen LogP contribution in [-0.4, -0.2) is 17.5 Å². The third-order valence-corrected chi connectivity index (χ3v) is 2.38. The van der Waals surface area contributed by atoms with Gasteiger partial charge in [-0.1, -0.05) is 23.3 Å². The Labute approximate surface area is 98.1 Å². The summed E-state index contributed by atoms with van der Waals surface area (Å²) in [6.45, 7) is 4.11. The molecule has 2 heteroatoms. The maximum absolute atomic E-state index is 10.9. The summed E-state index contributed by atoms with van der Waals surface area (Å²) in [5, 5.41) is 8.67. The Balaban J connectivity index is 3.84. The molecule has 0 aromatic carbocycles. The van der Waals surface area contributed by atoms with Gasteiger partial charge in [0.15, 0.2) is 0 Å². The van der Waals surface area contributed by atoms with Crippen LogP contribution >= 0.6 is 0 Å². The number of allylic oxidation sites excluding steroid dienone is 3. The van der Waals surface area contributed by atoms with Crippen LogP contribution in [0.4, 0.5) is 0 Å². The second kappa shape index (κ2) is 8.94. The minimum Gasteiger partial charge on any atom is -0.392 e. The van der Waals surface area contributed by atoms with E-state index in [4.69, 9.17) is 11.5 Å². The molecule has 0 amide bonds. The Morgan fingerprint density at radius 3 is 2.38 bits per heavy atom. The molecule has 0 saturated carbocycles. The highest BCUT2D eigenvalue weighted by Crippen LogP contribution is 2.10. The van der Waals surface area contributed by atoms with Crippen molar-refractivity contribution < 1.29 is 9.90 Å². The normalized spacial score (nSPS) is 12.4. The van der Waals surface area contributed by atoms with E-state index in [9.17, 15) is 4.79 Å². The number of aliphatic hydroxyl groups excluding tert-OH is 1. The number of hydrogen-bond acceptors (Lipinski definition) is 2. The van der Waals surface area contributed by atoms with Crippen molar-refractivity contribution in [2.24, 2.45) is 0 Å². The summed E-state index contributed by atoms with van der Waals surface area (Å²) < 4.78 is 0. The van der Waals surface area contributed by atoms with Crippen molar-refractivity contribution in [3.63, 3.8) is 0 Å². The van der Waals surface area contributed by atoms with Crippen LogP contribution in [0.25, 0.3) is 0 Å². The molecule has 16 heavy (non-hydrogen) atoms. The standard InChI is InChI=1S/C14H20O2/c1-4-14(16)9-8-12(2)6-5-7-13(3)10-11-15/h1,6,10,15H,5,7-9,11H2,2-3H3. The molecule has 2 nitrogen and oxygen atoms in total. The highest BCUT2D eigenvalue weighted by Gasteiger charge is 1.97. The van der Waals surface area contributed by atoms with Gasteiger partial charge >= 0.3 is 0 Å². The third-order valence-electron chi connectivity index (χ3n) is 2.38. The monoisotopic (exact) mass is 220 g/mol. The number of aliphatic hydroxyl groups is 1. The molecule has 0 aromatic heterocycles. The Bertz CT molecular complexity index is 316. The van der Waals surface area contributed by atoms with Crippen LogP contribution in [0.1, 0.15) is 39.5 Å². The average molecular weight is 220 g/mol. The Kier molecular flexibility index (Phi) is 8.19. The molecule has 0 fully saturated rings. The van der Waals surface area contributed by atoms with Crippen LogP contribution in [0.5, 0.6) is 0 Å². The lowest BCUT2D eigenvalue weighted by Crippen LogP contribution is -1.92. The lowest BCUT2D eigenvalue weighted by atomic mass is 10.1. The van der Waals surface area contributed by atoms with Crippen molar-refractivity contribution in [3.05, 3.63) is 23.3 Å². The second-order valence-corrected chi connectivity index (χ2v) is 3.89. The fourth-order valence-electron chi connectivity index (χ4n) is 1.29. The summed E-state index contributed by atoms with van der Waals surface area (Å²) in [4.78, 5) is 10.9. The summed E-state index contributed by atoms with van der Waals surface area (Å²) in [5.74, 6) is 1.97. The first-order valence-corrected chi connectivity index (χ1v) is 5.51. The number of terminal acetylenes is 1. The van der Waals surface area contributed by atoms with Crippen molar-refractivity contribution in [3.8, 4) is 12.3 Å². The van der Waals surface area contributed by atoms with Gasteiger partial charge in [-0.2, -0.15) is 0 Å².